The number of ether oxygens (including phenoxy) is 1. The van der Waals surface area contributed by atoms with Crippen LogP contribution in [0.5, 0.6) is 0 Å². The summed E-state index contributed by atoms with van der Waals surface area (Å²) in [6.45, 7) is 21.9. The third-order valence-corrected chi connectivity index (χ3v) is 7.21. The first-order valence-electron chi connectivity index (χ1n) is 12.3. The number of hydrogen-bond acceptors (Lipinski definition) is 6. The summed E-state index contributed by atoms with van der Waals surface area (Å²) < 4.78 is 30.2. The van der Waals surface area contributed by atoms with Crippen molar-refractivity contribution in [1.29, 1.82) is 0 Å². The molecule has 2 heterocycles. The van der Waals surface area contributed by atoms with Crippen molar-refractivity contribution in [2.24, 2.45) is 0 Å². The van der Waals surface area contributed by atoms with E-state index in [4.69, 9.17) is 23.4 Å². The van der Waals surface area contributed by atoms with Crippen LogP contribution >= 0.6 is 0 Å². The van der Waals surface area contributed by atoms with Gasteiger partial charge in [0.15, 0.2) is 0 Å². The zero-order chi connectivity index (χ0) is 26.4. The summed E-state index contributed by atoms with van der Waals surface area (Å²) >= 11 is 0. The SMILES string of the molecule is CC(C)(C)OC(=O)NCC(=Cc1ccc(B2OC(C)(C)C(C)(C)O2)cc1)B1OC(C)(C)C(C)(C)O1. The molecule has 0 aliphatic carbocycles. The van der Waals surface area contributed by atoms with Gasteiger partial charge in [-0.25, -0.2) is 4.79 Å². The maximum atomic E-state index is 12.3. The first-order valence-corrected chi connectivity index (χ1v) is 12.3. The van der Waals surface area contributed by atoms with Crippen molar-refractivity contribution in [3.63, 3.8) is 0 Å². The van der Waals surface area contributed by atoms with Gasteiger partial charge in [0.2, 0.25) is 0 Å². The Kier molecular flexibility index (Phi) is 7.35. The van der Waals surface area contributed by atoms with Crippen molar-refractivity contribution in [1.82, 2.24) is 5.32 Å². The fraction of sp³-hybridized carbons (Fsp3) is 0.654. The smallest absolute Gasteiger partial charge is 0.444 e. The van der Waals surface area contributed by atoms with Crippen LogP contribution in [0.15, 0.2) is 29.7 Å². The molecule has 0 saturated carbocycles. The predicted octanol–water partition coefficient (Wildman–Crippen LogP) is 4.53. The van der Waals surface area contributed by atoms with Crippen molar-refractivity contribution in [3.8, 4) is 0 Å². The van der Waals surface area contributed by atoms with E-state index in [0.29, 0.717) is 0 Å². The Labute approximate surface area is 211 Å². The molecule has 0 aromatic heterocycles. The summed E-state index contributed by atoms with van der Waals surface area (Å²) in [5, 5.41) is 2.84. The molecule has 0 radical (unpaired) electrons. The first-order chi connectivity index (χ1) is 15.8. The first kappa shape index (κ1) is 27.8. The van der Waals surface area contributed by atoms with Crippen LogP contribution in [0.3, 0.4) is 0 Å². The third-order valence-electron chi connectivity index (χ3n) is 7.21. The zero-order valence-corrected chi connectivity index (χ0v) is 23.2. The van der Waals surface area contributed by atoms with Crippen molar-refractivity contribution >= 4 is 31.9 Å². The number of alkyl carbamates (subject to hydrolysis) is 1. The lowest BCUT2D eigenvalue weighted by Crippen LogP contribution is -2.41. The Morgan fingerprint density at radius 1 is 0.857 bits per heavy atom. The molecule has 9 heteroatoms. The molecule has 1 aromatic carbocycles. The van der Waals surface area contributed by atoms with Gasteiger partial charge in [0.1, 0.15) is 5.60 Å². The van der Waals surface area contributed by atoms with E-state index in [1.54, 1.807) is 0 Å². The summed E-state index contributed by atoms with van der Waals surface area (Å²) in [6.07, 6.45) is 1.49. The fourth-order valence-electron chi connectivity index (χ4n) is 3.63. The van der Waals surface area contributed by atoms with E-state index in [0.717, 1.165) is 16.5 Å². The van der Waals surface area contributed by atoms with Gasteiger partial charge in [-0.15, -0.1) is 0 Å². The van der Waals surface area contributed by atoms with Gasteiger partial charge in [0.25, 0.3) is 0 Å². The van der Waals surface area contributed by atoms with E-state index in [2.05, 4.69) is 5.32 Å². The van der Waals surface area contributed by atoms with Gasteiger partial charge >= 0.3 is 20.3 Å². The van der Waals surface area contributed by atoms with Crippen LogP contribution in [-0.2, 0) is 23.4 Å². The van der Waals surface area contributed by atoms with E-state index < -0.39 is 48.3 Å². The summed E-state index contributed by atoms with van der Waals surface area (Å²) in [4.78, 5) is 12.3. The Morgan fingerprint density at radius 2 is 1.31 bits per heavy atom. The molecule has 2 fully saturated rings. The van der Waals surface area contributed by atoms with Crippen LogP contribution < -0.4 is 10.8 Å². The van der Waals surface area contributed by atoms with Gasteiger partial charge in [0.05, 0.1) is 22.4 Å². The minimum atomic E-state index is -0.599. The van der Waals surface area contributed by atoms with Gasteiger partial charge in [-0.2, -0.15) is 0 Å². The quantitative estimate of drug-likeness (QED) is 0.619. The number of benzene rings is 1. The molecule has 192 valence electrons. The molecule has 1 N–H and O–H groups in total. The van der Waals surface area contributed by atoms with E-state index >= 15 is 0 Å². The molecule has 0 atom stereocenters. The molecule has 0 unspecified atom stereocenters. The van der Waals surface area contributed by atoms with E-state index in [9.17, 15) is 4.79 Å². The summed E-state index contributed by atoms with van der Waals surface area (Å²) in [7, 11) is -1.02. The van der Waals surface area contributed by atoms with E-state index in [-0.39, 0.29) is 6.54 Å². The van der Waals surface area contributed by atoms with Crippen molar-refractivity contribution in [3.05, 3.63) is 35.3 Å². The molecule has 0 bridgehead atoms. The second kappa shape index (κ2) is 9.25. The predicted molar refractivity (Wildman–Crippen MR) is 140 cm³/mol. The second-order valence-electron chi connectivity index (χ2n) is 12.4. The summed E-state index contributed by atoms with van der Waals surface area (Å²) in [6, 6.07) is 7.99. The number of hydrogen-bond donors (Lipinski definition) is 1. The van der Waals surface area contributed by atoms with Crippen molar-refractivity contribution < 1.29 is 28.1 Å². The monoisotopic (exact) mass is 485 g/mol. The standard InChI is InChI=1S/C26H41B2NO6/c1-22(2,3)31-21(30)29-17-20(28-34-25(8,9)26(10,11)35-28)16-18-12-14-19(15-13-18)27-32-23(4,5)24(6,7)33-27/h12-16H,17H2,1-11H3,(H,29,30). The highest BCUT2D eigenvalue weighted by Crippen LogP contribution is 2.39. The molecule has 7 nitrogen and oxygen atoms in total. The lowest BCUT2D eigenvalue weighted by Gasteiger charge is -2.32. The third kappa shape index (κ3) is 6.31. The summed E-state index contributed by atoms with van der Waals surface area (Å²) in [5.74, 6) is 0. The molecule has 1 amide bonds. The number of amides is 1. The molecular formula is C26H41B2NO6. The number of rotatable bonds is 5. The Bertz CT molecular complexity index is 931. The number of nitrogens with one attached hydrogen (secondary N) is 1. The molecule has 2 aliphatic heterocycles. The summed E-state index contributed by atoms with van der Waals surface area (Å²) in [5.41, 5.74) is 0.318. The van der Waals surface area contributed by atoms with Gasteiger partial charge in [-0.3, -0.25) is 0 Å². The van der Waals surface area contributed by atoms with Crippen LogP contribution in [0.25, 0.3) is 6.08 Å². The number of carbonyl (C=O) groups excluding carboxylic acids is 1. The highest BCUT2D eigenvalue weighted by atomic mass is 16.7. The highest BCUT2D eigenvalue weighted by molar-refractivity contribution is 6.62. The Balaban J connectivity index is 1.81. The zero-order valence-electron chi connectivity index (χ0n) is 23.2. The molecule has 35 heavy (non-hydrogen) atoms. The van der Waals surface area contributed by atoms with Crippen molar-refractivity contribution in [2.75, 3.05) is 6.54 Å². The second-order valence-corrected chi connectivity index (χ2v) is 12.4. The van der Waals surface area contributed by atoms with Gasteiger partial charge < -0.3 is 28.7 Å². The average molecular weight is 485 g/mol. The largest absolute Gasteiger partial charge is 0.494 e. The molecule has 2 aliphatic rings. The molecule has 1 aromatic rings. The van der Waals surface area contributed by atoms with Crippen LogP contribution in [0.2, 0.25) is 0 Å². The van der Waals surface area contributed by atoms with E-state index in [1.165, 1.54) is 0 Å². The minimum absolute atomic E-state index is 0.227. The topological polar surface area (TPSA) is 75.3 Å². The van der Waals surface area contributed by atoms with Crippen LogP contribution in [0.1, 0.15) is 81.7 Å². The highest BCUT2D eigenvalue weighted by Gasteiger charge is 2.53. The van der Waals surface area contributed by atoms with Gasteiger partial charge in [-0.05, 0) is 92.7 Å². The Hall–Kier alpha value is -1.80. The fourth-order valence-corrected chi connectivity index (χ4v) is 3.63. The molecule has 3 rings (SSSR count). The lowest BCUT2D eigenvalue weighted by molar-refractivity contribution is 0.00578. The minimum Gasteiger partial charge on any atom is -0.444 e. The van der Waals surface area contributed by atoms with E-state index in [1.807, 2.05) is 107 Å². The molecular weight excluding hydrogens is 444 g/mol. The van der Waals surface area contributed by atoms with Gasteiger partial charge in [0, 0.05) is 6.54 Å². The average Bonchev–Trinajstić information content (AvgIpc) is 3.03. The van der Waals surface area contributed by atoms with Crippen molar-refractivity contribution in [2.45, 2.75) is 104 Å². The van der Waals surface area contributed by atoms with Crippen LogP contribution in [0.4, 0.5) is 4.79 Å². The normalized spacial score (nSPS) is 22.9. The molecule has 0 spiro atoms. The Morgan fingerprint density at radius 3 is 1.77 bits per heavy atom. The maximum absolute atomic E-state index is 12.3. The lowest BCUT2D eigenvalue weighted by atomic mass is 9.76. The molecule has 2 saturated heterocycles. The van der Waals surface area contributed by atoms with Crippen LogP contribution in [-0.4, -0.2) is 54.9 Å². The van der Waals surface area contributed by atoms with Crippen LogP contribution in [0, 0.1) is 0 Å². The maximum Gasteiger partial charge on any atom is 0.494 e. The number of carbonyl (C=O) groups is 1. The van der Waals surface area contributed by atoms with Gasteiger partial charge in [-0.1, -0.05) is 30.3 Å².